The highest BCUT2D eigenvalue weighted by Crippen LogP contribution is 2.22. The van der Waals surface area contributed by atoms with Crippen LogP contribution >= 0.6 is 0 Å². The van der Waals surface area contributed by atoms with Crippen LogP contribution in [0.4, 0.5) is 0 Å². The molecule has 0 aliphatic rings. The molecule has 0 radical (unpaired) electrons. The van der Waals surface area contributed by atoms with Crippen LogP contribution in [-0.2, 0) is 25.6 Å². The van der Waals surface area contributed by atoms with Crippen LogP contribution in [0.2, 0.25) is 0 Å². The minimum atomic E-state index is -3.51. The SMILES string of the molecule is COc1ccc(-c2cn3cc(C#CCCOS(C)(=O)=O)cc3c(=O)n2CC(=O)NC(C)C)cc1. The summed E-state index contributed by atoms with van der Waals surface area (Å²) < 4.78 is 35.1. The zero-order valence-corrected chi connectivity index (χ0v) is 20.3. The number of fused-ring (bicyclic) bond motifs is 1. The Labute approximate surface area is 198 Å². The van der Waals surface area contributed by atoms with E-state index in [9.17, 15) is 18.0 Å². The molecule has 0 aliphatic carbocycles. The number of ether oxygens (including phenoxy) is 1. The lowest BCUT2D eigenvalue weighted by Gasteiger charge is -2.15. The largest absolute Gasteiger partial charge is 0.497 e. The highest BCUT2D eigenvalue weighted by molar-refractivity contribution is 7.85. The van der Waals surface area contributed by atoms with Crippen molar-refractivity contribution in [3.05, 3.63) is 58.6 Å². The number of rotatable bonds is 8. The average Bonchev–Trinajstić information content (AvgIpc) is 3.17. The van der Waals surface area contributed by atoms with Crippen molar-refractivity contribution in [1.29, 1.82) is 0 Å². The summed E-state index contributed by atoms with van der Waals surface area (Å²) in [5.41, 5.74) is 1.93. The molecular formula is C24H27N3O6S. The van der Waals surface area contributed by atoms with Gasteiger partial charge in [0.05, 0.1) is 25.7 Å². The van der Waals surface area contributed by atoms with Crippen molar-refractivity contribution in [3.63, 3.8) is 0 Å². The number of amides is 1. The molecule has 0 aliphatic heterocycles. The van der Waals surface area contributed by atoms with E-state index in [0.717, 1.165) is 11.8 Å². The summed E-state index contributed by atoms with van der Waals surface area (Å²) >= 11 is 0. The topological polar surface area (TPSA) is 108 Å². The lowest BCUT2D eigenvalue weighted by molar-refractivity contribution is -0.122. The number of benzene rings is 1. The number of aromatic nitrogens is 2. The molecule has 0 atom stereocenters. The molecule has 10 heteroatoms. The second kappa shape index (κ2) is 10.6. The van der Waals surface area contributed by atoms with Gasteiger partial charge in [-0.15, -0.1) is 0 Å². The highest BCUT2D eigenvalue weighted by atomic mass is 32.2. The molecule has 0 spiro atoms. The third kappa shape index (κ3) is 6.50. The first-order valence-corrected chi connectivity index (χ1v) is 12.4. The molecule has 2 heterocycles. The fraction of sp³-hybridized carbons (Fsp3) is 0.333. The van der Waals surface area contributed by atoms with E-state index >= 15 is 0 Å². The zero-order chi connectivity index (χ0) is 24.9. The normalized spacial score (nSPS) is 11.3. The van der Waals surface area contributed by atoms with Crippen molar-refractivity contribution < 1.29 is 22.1 Å². The lowest BCUT2D eigenvalue weighted by atomic mass is 10.1. The minimum Gasteiger partial charge on any atom is -0.497 e. The maximum absolute atomic E-state index is 13.4. The van der Waals surface area contributed by atoms with Crippen molar-refractivity contribution >= 4 is 21.5 Å². The number of methoxy groups -OCH3 is 1. The average molecular weight is 486 g/mol. The van der Waals surface area contributed by atoms with E-state index in [1.54, 1.807) is 42.1 Å². The second-order valence-corrected chi connectivity index (χ2v) is 9.60. The van der Waals surface area contributed by atoms with E-state index in [-0.39, 0.29) is 37.1 Å². The van der Waals surface area contributed by atoms with Gasteiger partial charge in [-0.1, -0.05) is 11.8 Å². The summed E-state index contributed by atoms with van der Waals surface area (Å²) in [4.78, 5) is 25.9. The first-order valence-electron chi connectivity index (χ1n) is 10.6. The molecule has 9 nitrogen and oxygen atoms in total. The van der Waals surface area contributed by atoms with Crippen LogP contribution in [0.1, 0.15) is 25.8 Å². The van der Waals surface area contributed by atoms with Crippen LogP contribution in [-0.4, -0.2) is 49.3 Å². The minimum absolute atomic E-state index is 0.0431. The van der Waals surface area contributed by atoms with Crippen molar-refractivity contribution in [1.82, 2.24) is 14.3 Å². The van der Waals surface area contributed by atoms with Crippen LogP contribution in [0.5, 0.6) is 5.75 Å². The van der Waals surface area contributed by atoms with Crippen molar-refractivity contribution in [2.75, 3.05) is 20.0 Å². The molecule has 1 aromatic carbocycles. The summed E-state index contributed by atoms with van der Waals surface area (Å²) in [6.07, 6.45) is 4.69. The highest BCUT2D eigenvalue weighted by Gasteiger charge is 2.16. The Morgan fingerprint density at radius 3 is 2.50 bits per heavy atom. The Morgan fingerprint density at radius 1 is 1.18 bits per heavy atom. The number of nitrogens with one attached hydrogen (secondary N) is 1. The van der Waals surface area contributed by atoms with Crippen molar-refractivity contribution in [2.45, 2.75) is 32.9 Å². The molecule has 3 aromatic rings. The van der Waals surface area contributed by atoms with Gasteiger partial charge in [0, 0.05) is 36.0 Å². The Hall–Kier alpha value is -3.55. The van der Waals surface area contributed by atoms with Gasteiger partial charge >= 0.3 is 0 Å². The maximum atomic E-state index is 13.4. The molecule has 0 saturated carbocycles. The number of carbonyl (C=O) groups excluding carboxylic acids is 1. The second-order valence-electron chi connectivity index (χ2n) is 7.96. The summed E-state index contributed by atoms with van der Waals surface area (Å²) in [5, 5.41) is 2.82. The quantitative estimate of drug-likeness (QED) is 0.297. The van der Waals surface area contributed by atoms with Gasteiger partial charge in [-0.05, 0) is 44.2 Å². The standard InChI is InChI=1S/C24H27N3O6S/c1-17(2)25-23(28)16-27-22(19-8-10-20(32-3)11-9-19)15-26-14-18(13-21(26)24(27)29)7-5-6-12-33-34(4,30)31/h8-11,13-15,17H,6,12,16H2,1-4H3,(H,25,28). The summed E-state index contributed by atoms with van der Waals surface area (Å²) in [5.74, 6) is 6.17. The van der Waals surface area contributed by atoms with E-state index < -0.39 is 10.1 Å². The van der Waals surface area contributed by atoms with Crippen LogP contribution < -0.4 is 15.6 Å². The number of hydrogen-bond donors (Lipinski definition) is 1. The number of carbonyl (C=O) groups is 1. The van der Waals surface area contributed by atoms with E-state index in [1.807, 2.05) is 26.0 Å². The Morgan fingerprint density at radius 2 is 1.88 bits per heavy atom. The van der Waals surface area contributed by atoms with Crippen LogP contribution in [0.25, 0.3) is 16.8 Å². The van der Waals surface area contributed by atoms with Gasteiger partial charge in [-0.3, -0.25) is 18.3 Å². The Balaban J connectivity index is 2.01. The zero-order valence-electron chi connectivity index (χ0n) is 19.5. The van der Waals surface area contributed by atoms with Crippen LogP contribution in [0.15, 0.2) is 47.5 Å². The van der Waals surface area contributed by atoms with Gasteiger partial charge < -0.3 is 14.5 Å². The van der Waals surface area contributed by atoms with E-state index in [1.165, 1.54) is 4.57 Å². The van der Waals surface area contributed by atoms with Gasteiger partial charge in [0.2, 0.25) is 5.91 Å². The third-order valence-electron chi connectivity index (χ3n) is 4.76. The van der Waals surface area contributed by atoms with Crippen LogP contribution in [0, 0.1) is 11.8 Å². The molecule has 34 heavy (non-hydrogen) atoms. The lowest BCUT2D eigenvalue weighted by Crippen LogP contribution is -2.36. The molecular weight excluding hydrogens is 458 g/mol. The molecule has 0 unspecified atom stereocenters. The molecule has 2 aromatic heterocycles. The maximum Gasteiger partial charge on any atom is 0.275 e. The molecule has 3 rings (SSSR count). The molecule has 0 fully saturated rings. The predicted octanol–water partition coefficient (Wildman–Crippen LogP) is 2.02. The number of hydrogen-bond acceptors (Lipinski definition) is 6. The summed E-state index contributed by atoms with van der Waals surface area (Å²) in [6, 6.07) is 8.80. The first kappa shape index (κ1) is 25.1. The van der Waals surface area contributed by atoms with Gasteiger partial charge in [-0.25, -0.2) is 0 Å². The fourth-order valence-corrected chi connectivity index (χ4v) is 3.73. The van der Waals surface area contributed by atoms with Gasteiger partial charge in [0.1, 0.15) is 17.8 Å². The number of nitrogens with zero attached hydrogens (tertiary/aromatic N) is 2. The molecule has 0 bridgehead atoms. The van der Waals surface area contributed by atoms with Crippen molar-refractivity contribution in [3.8, 4) is 28.8 Å². The van der Waals surface area contributed by atoms with E-state index in [0.29, 0.717) is 22.5 Å². The Kier molecular flexibility index (Phi) is 7.81. The summed E-state index contributed by atoms with van der Waals surface area (Å²) in [6.45, 7) is 3.53. The Bertz CT molecular complexity index is 1410. The van der Waals surface area contributed by atoms with Crippen LogP contribution in [0.3, 0.4) is 0 Å². The third-order valence-corrected chi connectivity index (χ3v) is 5.35. The van der Waals surface area contributed by atoms with Gasteiger partial charge in [0.25, 0.3) is 15.7 Å². The molecule has 0 saturated heterocycles. The first-order chi connectivity index (χ1) is 16.1. The summed E-state index contributed by atoms with van der Waals surface area (Å²) in [7, 11) is -1.94. The molecule has 1 N–H and O–H groups in total. The molecule has 180 valence electrons. The molecule has 1 amide bonds. The van der Waals surface area contributed by atoms with Gasteiger partial charge in [-0.2, -0.15) is 8.42 Å². The van der Waals surface area contributed by atoms with E-state index in [2.05, 4.69) is 21.3 Å². The fourth-order valence-electron chi connectivity index (χ4n) is 3.34. The monoisotopic (exact) mass is 485 g/mol. The van der Waals surface area contributed by atoms with Gasteiger partial charge in [0.15, 0.2) is 0 Å². The smallest absolute Gasteiger partial charge is 0.275 e. The van der Waals surface area contributed by atoms with Crippen molar-refractivity contribution in [2.24, 2.45) is 0 Å². The predicted molar refractivity (Wildman–Crippen MR) is 129 cm³/mol. The van der Waals surface area contributed by atoms with E-state index in [4.69, 9.17) is 4.74 Å².